The lowest BCUT2D eigenvalue weighted by Gasteiger charge is -2.23. The largest absolute Gasteiger partial charge is 0.462 e. The predicted molar refractivity (Wildman–Crippen MR) is 116 cm³/mol. The molecule has 0 saturated heterocycles. The monoisotopic (exact) mass is 460 g/mol. The molecule has 0 radical (unpaired) electrons. The summed E-state index contributed by atoms with van der Waals surface area (Å²) in [5, 5.41) is 5.64. The Morgan fingerprint density at radius 3 is 2.31 bits per heavy atom. The summed E-state index contributed by atoms with van der Waals surface area (Å²) in [5.74, 6) is -1.11. The van der Waals surface area contributed by atoms with E-state index in [1.165, 1.54) is 0 Å². The third-order valence-electron chi connectivity index (χ3n) is 4.53. The molecule has 0 heterocycles. The first-order valence-corrected chi connectivity index (χ1v) is 10.3. The zero-order valence-electron chi connectivity index (χ0n) is 16.7. The Morgan fingerprint density at radius 2 is 1.72 bits per heavy atom. The minimum Gasteiger partial charge on any atom is -0.462 e. The summed E-state index contributed by atoms with van der Waals surface area (Å²) in [5.41, 5.74) is 1.42. The van der Waals surface area contributed by atoms with Gasteiger partial charge in [-0.25, -0.2) is 4.79 Å². The van der Waals surface area contributed by atoms with Gasteiger partial charge in [-0.1, -0.05) is 42.3 Å². The molecular formula is C22H25BrN2O4. The number of benzene rings is 2. The number of esters is 1. The van der Waals surface area contributed by atoms with E-state index in [-0.39, 0.29) is 17.7 Å². The van der Waals surface area contributed by atoms with Crippen molar-refractivity contribution in [3.63, 3.8) is 0 Å². The van der Waals surface area contributed by atoms with Crippen molar-refractivity contribution < 1.29 is 19.1 Å². The highest BCUT2D eigenvalue weighted by Gasteiger charge is 2.26. The van der Waals surface area contributed by atoms with Crippen LogP contribution in [0.15, 0.2) is 53.0 Å². The number of hydrogen-bond donors (Lipinski definition) is 2. The van der Waals surface area contributed by atoms with E-state index in [1.54, 1.807) is 49.4 Å². The van der Waals surface area contributed by atoms with Gasteiger partial charge in [-0.3, -0.25) is 9.59 Å². The summed E-state index contributed by atoms with van der Waals surface area (Å²) in [6, 6.07) is 12.7. The van der Waals surface area contributed by atoms with E-state index in [0.717, 1.165) is 10.9 Å². The van der Waals surface area contributed by atoms with E-state index in [9.17, 15) is 14.4 Å². The van der Waals surface area contributed by atoms with E-state index in [2.05, 4.69) is 26.6 Å². The second kappa shape index (κ2) is 10.8. The average molecular weight is 461 g/mol. The lowest BCUT2D eigenvalue weighted by molar-refractivity contribution is -0.119. The second-order valence-electron chi connectivity index (χ2n) is 6.63. The Bertz CT molecular complexity index is 867. The van der Waals surface area contributed by atoms with Crippen LogP contribution in [-0.4, -0.2) is 30.4 Å². The summed E-state index contributed by atoms with van der Waals surface area (Å²) < 4.78 is 5.74. The van der Waals surface area contributed by atoms with E-state index in [4.69, 9.17) is 4.74 Å². The molecule has 0 aromatic heterocycles. The van der Waals surface area contributed by atoms with Crippen molar-refractivity contribution in [1.29, 1.82) is 0 Å². The molecule has 0 fully saturated rings. The van der Waals surface area contributed by atoms with Crippen molar-refractivity contribution >= 4 is 39.4 Å². The summed E-state index contributed by atoms with van der Waals surface area (Å²) >= 11 is 3.35. The van der Waals surface area contributed by atoms with Crippen LogP contribution in [0.4, 0.5) is 5.69 Å². The fourth-order valence-corrected chi connectivity index (χ4v) is 3.08. The highest BCUT2D eigenvalue weighted by atomic mass is 79.9. The zero-order valence-corrected chi connectivity index (χ0v) is 18.3. The number of nitrogens with one attached hydrogen (secondary N) is 2. The molecule has 0 aliphatic carbocycles. The van der Waals surface area contributed by atoms with Gasteiger partial charge >= 0.3 is 5.97 Å². The van der Waals surface area contributed by atoms with Gasteiger partial charge in [0.2, 0.25) is 5.91 Å². The number of carbonyl (C=O) groups excluding carboxylic acids is 3. The van der Waals surface area contributed by atoms with Gasteiger partial charge in [-0.15, -0.1) is 0 Å². The van der Waals surface area contributed by atoms with E-state index >= 15 is 0 Å². The first-order valence-electron chi connectivity index (χ1n) is 9.50. The summed E-state index contributed by atoms with van der Waals surface area (Å²) in [6.45, 7) is 5.91. The van der Waals surface area contributed by atoms with Crippen molar-refractivity contribution in [1.82, 2.24) is 5.32 Å². The van der Waals surface area contributed by atoms with Crippen molar-refractivity contribution in [3.05, 3.63) is 64.1 Å². The molecule has 2 unspecified atom stereocenters. The van der Waals surface area contributed by atoms with Gasteiger partial charge in [0.1, 0.15) is 6.04 Å². The number of anilines is 1. The summed E-state index contributed by atoms with van der Waals surface area (Å²) in [4.78, 5) is 37.2. The number of amides is 2. The van der Waals surface area contributed by atoms with Gasteiger partial charge in [0.15, 0.2) is 0 Å². The fraction of sp³-hybridized carbons (Fsp3) is 0.318. The maximum atomic E-state index is 12.8. The van der Waals surface area contributed by atoms with Gasteiger partial charge < -0.3 is 15.4 Å². The number of hydrogen-bond acceptors (Lipinski definition) is 4. The standard InChI is InChI=1S/C22H25BrN2O4/c1-4-14(3)19(25-20(26)16-7-6-8-17(23)13-16)21(27)24-18-11-9-15(10-12-18)22(28)29-5-2/h6-14,19H,4-5H2,1-3H3,(H,24,27)(H,25,26). The Morgan fingerprint density at radius 1 is 1.03 bits per heavy atom. The van der Waals surface area contributed by atoms with Gasteiger partial charge in [0, 0.05) is 15.7 Å². The fourth-order valence-electron chi connectivity index (χ4n) is 2.68. The van der Waals surface area contributed by atoms with Crippen LogP contribution in [0.3, 0.4) is 0 Å². The molecule has 2 atom stereocenters. The third kappa shape index (κ3) is 6.42. The molecular weight excluding hydrogens is 436 g/mol. The van der Waals surface area contributed by atoms with Crippen LogP contribution in [0.25, 0.3) is 0 Å². The predicted octanol–water partition coefficient (Wildman–Crippen LogP) is 4.41. The molecule has 0 spiro atoms. The molecule has 0 saturated carbocycles. The Labute approximate surface area is 179 Å². The number of carbonyl (C=O) groups is 3. The van der Waals surface area contributed by atoms with Crippen LogP contribution in [0.1, 0.15) is 47.9 Å². The van der Waals surface area contributed by atoms with Crippen molar-refractivity contribution in [2.24, 2.45) is 5.92 Å². The zero-order chi connectivity index (χ0) is 21.4. The highest BCUT2D eigenvalue weighted by molar-refractivity contribution is 9.10. The molecule has 0 bridgehead atoms. The lowest BCUT2D eigenvalue weighted by Crippen LogP contribution is -2.47. The molecule has 2 N–H and O–H groups in total. The quantitative estimate of drug-likeness (QED) is 0.571. The van der Waals surface area contributed by atoms with Crippen molar-refractivity contribution in [2.75, 3.05) is 11.9 Å². The average Bonchev–Trinajstić information content (AvgIpc) is 2.71. The van der Waals surface area contributed by atoms with Gasteiger partial charge in [0.05, 0.1) is 12.2 Å². The smallest absolute Gasteiger partial charge is 0.338 e. The second-order valence-corrected chi connectivity index (χ2v) is 7.55. The van der Waals surface area contributed by atoms with Crippen LogP contribution in [-0.2, 0) is 9.53 Å². The van der Waals surface area contributed by atoms with E-state index < -0.39 is 12.0 Å². The minimum atomic E-state index is -0.698. The summed E-state index contributed by atoms with van der Waals surface area (Å²) in [6.07, 6.45) is 0.721. The lowest BCUT2D eigenvalue weighted by atomic mass is 9.97. The third-order valence-corrected chi connectivity index (χ3v) is 5.03. The maximum Gasteiger partial charge on any atom is 0.338 e. The molecule has 154 valence electrons. The van der Waals surface area contributed by atoms with Crippen molar-refractivity contribution in [2.45, 2.75) is 33.2 Å². The first-order chi connectivity index (χ1) is 13.8. The Balaban J connectivity index is 2.10. The maximum absolute atomic E-state index is 12.8. The van der Waals surface area contributed by atoms with Gasteiger partial charge in [-0.2, -0.15) is 0 Å². The van der Waals surface area contributed by atoms with E-state index in [1.807, 2.05) is 19.9 Å². The van der Waals surface area contributed by atoms with Crippen LogP contribution < -0.4 is 10.6 Å². The Kier molecular flexibility index (Phi) is 8.39. The first kappa shape index (κ1) is 22.6. The molecule has 0 aliphatic heterocycles. The van der Waals surface area contributed by atoms with Gasteiger partial charge in [0.25, 0.3) is 5.91 Å². The molecule has 29 heavy (non-hydrogen) atoms. The van der Waals surface area contributed by atoms with E-state index in [0.29, 0.717) is 23.4 Å². The molecule has 6 nitrogen and oxygen atoms in total. The van der Waals surface area contributed by atoms with Crippen LogP contribution >= 0.6 is 15.9 Å². The molecule has 7 heteroatoms. The molecule has 2 amide bonds. The molecule has 2 aromatic carbocycles. The number of ether oxygens (including phenoxy) is 1. The number of halogens is 1. The molecule has 2 rings (SSSR count). The number of rotatable bonds is 8. The molecule has 0 aliphatic rings. The van der Waals surface area contributed by atoms with Gasteiger partial charge in [-0.05, 0) is 55.3 Å². The summed E-state index contributed by atoms with van der Waals surface area (Å²) in [7, 11) is 0. The topological polar surface area (TPSA) is 84.5 Å². The minimum absolute atomic E-state index is 0.0649. The Hall–Kier alpha value is -2.67. The van der Waals surface area contributed by atoms with Crippen LogP contribution in [0.5, 0.6) is 0 Å². The molecule has 2 aromatic rings. The van der Waals surface area contributed by atoms with Crippen LogP contribution in [0.2, 0.25) is 0 Å². The normalized spacial score (nSPS) is 12.6. The van der Waals surface area contributed by atoms with Crippen molar-refractivity contribution in [3.8, 4) is 0 Å². The van der Waals surface area contributed by atoms with Crippen LogP contribution in [0, 0.1) is 5.92 Å². The SMILES string of the molecule is CCOC(=O)c1ccc(NC(=O)C(NC(=O)c2cccc(Br)c2)C(C)CC)cc1. The highest BCUT2D eigenvalue weighted by Crippen LogP contribution is 2.16.